The quantitative estimate of drug-likeness (QED) is 0.0607. The Morgan fingerprint density at radius 2 is 0.617 bits per heavy atom. The number of hydrogen-bond donors (Lipinski definition) is 1. The zero-order chi connectivity index (χ0) is 36.4. The Morgan fingerprint density at radius 3 is 0.830 bits per heavy atom. The molecule has 0 rings (SSSR count). The molecule has 0 unspecified atom stereocenters. The Morgan fingerprint density at radius 1 is 0.340 bits per heavy atom. The predicted octanol–water partition coefficient (Wildman–Crippen LogP) is 11.1. The molecule has 0 aliphatic carbocycles. The Balaban J connectivity index is -0.000000264. The number of nitrogens with zero attached hydrogens (tertiary/aromatic N) is 4. The first-order valence-electron chi connectivity index (χ1n) is 21.4. The summed E-state index contributed by atoms with van der Waals surface area (Å²) in [5.41, 5.74) is 0. The van der Waals surface area contributed by atoms with E-state index in [0.29, 0.717) is 6.61 Å². The molecule has 0 radical (unpaired) electrons. The highest BCUT2D eigenvalue weighted by Crippen LogP contribution is 2.10. The Hall–Kier alpha value is -0.200. The minimum absolute atomic E-state index is 0.329. The van der Waals surface area contributed by atoms with E-state index >= 15 is 0 Å². The number of rotatable bonds is 30. The maximum absolute atomic E-state index is 9.05. The van der Waals surface area contributed by atoms with Crippen LogP contribution in [0.3, 0.4) is 0 Å². The van der Waals surface area contributed by atoms with E-state index in [-0.39, 0.29) is 0 Å². The lowest BCUT2D eigenvalue weighted by Crippen LogP contribution is -2.50. The van der Waals surface area contributed by atoms with Gasteiger partial charge in [-0.15, -0.1) is 0 Å². The minimum Gasteiger partial charge on any atom is -0.391 e. The third-order valence-corrected chi connectivity index (χ3v) is 10.1. The van der Waals surface area contributed by atoms with Gasteiger partial charge in [0.1, 0.15) is 6.54 Å². The van der Waals surface area contributed by atoms with Crippen LogP contribution in [-0.2, 0) is 0 Å². The van der Waals surface area contributed by atoms with Gasteiger partial charge in [-0.1, -0.05) is 140 Å². The average molecular weight is 674 g/mol. The van der Waals surface area contributed by atoms with Crippen molar-refractivity contribution in [1.82, 2.24) is 14.7 Å². The lowest BCUT2D eigenvalue weighted by molar-refractivity contribution is -0.925. The molecule has 0 aliphatic rings. The largest absolute Gasteiger partial charge is 0.391 e. The zero-order valence-electron chi connectivity index (χ0n) is 35.4. The fourth-order valence-electron chi connectivity index (χ4n) is 5.96. The smallest absolute Gasteiger partial charge is 0.102 e. The van der Waals surface area contributed by atoms with Gasteiger partial charge in [0.05, 0.1) is 26.2 Å². The summed E-state index contributed by atoms with van der Waals surface area (Å²) in [5, 5.41) is 9.05. The second-order valence-corrected chi connectivity index (χ2v) is 13.5. The molecule has 0 atom stereocenters. The molecule has 0 aliphatic heterocycles. The fourth-order valence-corrected chi connectivity index (χ4v) is 5.96. The van der Waals surface area contributed by atoms with Crippen LogP contribution in [0.2, 0.25) is 0 Å². The van der Waals surface area contributed by atoms with Crippen LogP contribution in [0.15, 0.2) is 0 Å². The van der Waals surface area contributed by atoms with Crippen molar-refractivity contribution in [2.75, 3.05) is 91.7 Å². The van der Waals surface area contributed by atoms with Crippen molar-refractivity contribution in [3.8, 4) is 0 Å². The summed E-state index contributed by atoms with van der Waals surface area (Å²) < 4.78 is 1.10. The van der Waals surface area contributed by atoms with Crippen molar-refractivity contribution in [3.63, 3.8) is 0 Å². The SMILES string of the molecule is CCCCCCN(CC)CC.CCCCCCN(CC)CC.CCCCCCN(CC)CC.CCCCCC[N+](CC)(CC)CCO. The van der Waals surface area contributed by atoms with E-state index in [9.17, 15) is 0 Å². The van der Waals surface area contributed by atoms with E-state index < -0.39 is 0 Å². The summed E-state index contributed by atoms with van der Waals surface area (Å²) in [6.45, 7) is 42.9. The van der Waals surface area contributed by atoms with E-state index in [0.717, 1.165) is 24.1 Å². The van der Waals surface area contributed by atoms with Crippen LogP contribution in [0, 0.1) is 0 Å². The molecule has 0 aromatic carbocycles. The number of aliphatic hydroxyl groups is 1. The Kier molecular flexibility index (Phi) is 52.2. The van der Waals surface area contributed by atoms with Gasteiger partial charge in [0.2, 0.25) is 0 Å². The third kappa shape index (κ3) is 40.1. The normalized spacial score (nSPS) is 11.2. The molecule has 1 N–H and O–H groups in total. The maximum Gasteiger partial charge on any atom is 0.102 e. The molecule has 290 valence electrons. The monoisotopic (exact) mass is 674 g/mol. The lowest BCUT2D eigenvalue weighted by Gasteiger charge is -2.36. The number of likely N-dealkylation sites (N-methyl/N-ethyl adjacent to an activating group) is 1. The van der Waals surface area contributed by atoms with Gasteiger partial charge in [0.15, 0.2) is 0 Å². The van der Waals surface area contributed by atoms with Crippen LogP contribution in [0.25, 0.3) is 0 Å². The van der Waals surface area contributed by atoms with Crippen LogP contribution in [0.1, 0.15) is 186 Å². The van der Waals surface area contributed by atoms with Gasteiger partial charge in [-0.3, -0.25) is 0 Å². The molecule has 0 bridgehead atoms. The number of unbranched alkanes of at least 4 members (excludes halogenated alkanes) is 12. The Labute approximate surface area is 301 Å². The maximum atomic E-state index is 9.05. The van der Waals surface area contributed by atoms with Crippen molar-refractivity contribution in [2.24, 2.45) is 0 Å². The van der Waals surface area contributed by atoms with Gasteiger partial charge >= 0.3 is 0 Å². The van der Waals surface area contributed by atoms with Gasteiger partial charge < -0.3 is 24.3 Å². The number of hydrogen-bond acceptors (Lipinski definition) is 4. The van der Waals surface area contributed by atoms with Crippen LogP contribution in [-0.4, -0.2) is 116 Å². The molecule has 0 saturated heterocycles. The number of aliphatic hydroxyl groups excluding tert-OH is 1. The molecule has 0 aromatic rings. The minimum atomic E-state index is 0.329. The van der Waals surface area contributed by atoms with Crippen molar-refractivity contribution in [2.45, 2.75) is 186 Å². The first kappa shape index (κ1) is 53.6. The molecule has 0 amide bonds. The van der Waals surface area contributed by atoms with E-state index in [2.05, 4.69) is 97.8 Å². The topological polar surface area (TPSA) is 30.0 Å². The van der Waals surface area contributed by atoms with Crippen molar-refractivity contribution in [1.29, 1.82) is 0 Å². The summed E-state index contributed by atoms with van der Waals surface area (Å²) in [6.07, 6.45) is 22.0. The van der Waals surface area contributed by atoms with Gasteiger partial charge in [-0.25, -0.2) is 0 Å². The van der Waals surface area contributed by atoms with E-state index in [1.807, 2.05) is 0 Å². The van der Waals surface area contributed by atoms with Crippen LogP contribution in [0.4, 0.5) is 0 Å². The first-order valence-corrected chi connectivity index (χ1v) is 21.4. The second-order valence-electron chi connectivity index (χ2n) is 13.5. The average Bonchev–Trinajstić information content (AvgIpc) is 3.11. The van der Waals surface area contributed by atoms with Crippen LogP contribution in [0.5, 0.6) is 0 Å². The fraction of sp³-hybridized carbons (Fsp3) is 1.00. The summed E-state index contributed by atoms with van der Waals surface area (Å²) in [4.78, 5) is 7.49. The first-order chi connectivity index (χ1) is 22.8. The summed E-state index contributed by atoms with van der Waals surface area (Å²) in [5.74, 6) is 0. The molecule has 0 spiro atoms. The van der Waals surface area contributed by atoms with Crippen molar-refractivity contribution >= 4 is 0 Å². The van der Waals surface area contributed by atoms with E-state index in [4.69, 9.17) is 5.11 Å². The van der Waals surface area contributed by atoms with E-state index in [1.165, 1.54) is 168 Å². The Bertz CT molecular complexity index is 455. The molecule has 5 nitrogen and oxygen atoms in total. The van der Waals surface area contributed by atoms with Crippen LogP contribution >= 0.6 is 0 Å². The van der Waals surface area contributed by atoms with Gasteiger partial charge in [-0.2, -0.15) is 0 Å². The molecular formula is C42H97N4O+. The summed E-state index contributed by atoms with van der Waals surface area (Å²) in [7, 11) is 0. The molecular weight excluding hydrogens is 576 g/mol. The van der Waals surface area contributed by atoms with Crippen molar-refractivity contribution in [3.05, 3.63) is 0 Å². The summed E-state index contributed by atoms with van der Waals surface area (Å²) in [6, 6.07) is 0. The highest BCUT2D eigenvalue weighted by Gasteiger charge is 2.21. The molecule has 0 fully saturated rings. The highest BCUT2D eigenvalue weighted by molar-refractivity contribution is 4.54. The lowest BCUT2D eigenvalue weighted by atomic mass is 10.2. The third-order valence-electron chi connectivity index (χ3n) is 10.1. The highest BCUT2D eigenvalue weighted by atomic mass is 16.3. The summed E-state index contributed by atoms with van der Waals surface area (Å²) >= 11 is 0. The molecule has 5 heteroatoms. The molecule has 0 saturated carbocycles. The van der Waals surface area contributed by atoms with Gasteiger partial charge in [0.25, 0.3) is 0 Å². The molecule has 0 aromatic heterocycles. The van der Waals surface area contributed by atoms with E-state index in [1.54, 1.807) is 0 Å². The number of quaternary nitrogens is 1. The van der Waals surface area contributed by atoms with Gasteiger partial charge in [0, 0.05) is 0 Å². The van der Waals surface area contributed by atoms with Gasteiger partial charge in [-0.05, 0) is 105 Å². The second kappa shape index (κ2) is 45.8. The standard InChI is InChI=1S/C12H28NO.3C10H23N/c1-4-7-8-9-10-13(5-2,6-3)11-12-14;3*1-4-7-8-9-10-11(5-2)6-3/h14H,4-12H2,1-3H3;3*4-10H2,1-3H3/q+1;;;. The molecule has 0 heterocycles. The predicted molar refractivity (Wildman–Crippen MR) is 218 cm³/mol. The zero-order valence-corrected chi connectivity index (χ0v) is 35.4. The van der Waals surface area contributed by atoms with Crippen LogP contribution < -0.4 is 0 Å². The van der Waals surface area contributed by atoms with Crippen molar-refractivity contribution < 1.29 is 9.59 Å². The molecule has 47 heavy (non-hydrogen) atoms.